The Hall–Kier alpha value is -1.22. The molecule has 0 saturated carbocycles. The fourth-order valence-corrected chi connectivity index (χ4v) is 5.41. The highest BCUT2D eigenvalue weighted by Crippen LogP contribution is 2.35. The molecule has 0 bridgehead atoms. The number of fused-ring (bicyclic) bond motifs is 3. The van der Waals surface area contributed by atoms with E-state index in [1.807, 2.05) is 4.68 Å². The molecule has 2 fully saturated rings. The number of halogens is 1. The van der Waals surface area contributed by atoms with Crippen molar-refractivity contribution in [2.75, 3.05) is 31.1 Å². The lowest BCUT2D eigenvalue weighted by Crippen LogP contribution is -2.47. The van der Waals surface area contributed by atoms with Crippen LogP contribution in [0.3, 0.4) is 0 Å². The summed E-state index contributed by atoms with van der Waals surface area (Å²) in [6.45, 7) is 5.59. The Bertz CT molecular complexity index is 758. The van der Waals surface area contributed by atoms with E-state index in [-0.39, 0.29) is 12.1 Å². The zero-order chi connectivity index (χ0) is 16.8. The van der Waals surface area contributed by atoms with Crippen molar-refractivity contribution < 1.29 is 4.74 Å². The maximum atomic E-state index is 6.44. The SMILES string of the molecule is Clc1nc(N2CCCC2)sc1CN1CC[C@H]2OCc3cnnn3[C@@H]2C1. The Labute approximate surface area is 155 Å². The molecular weight excluding hydrogens is 360 g/mol. The van der Waals surface area contributed by atoms with Gasteiger partial charge in [0.15, 0.2) is 5.13 Å². The molecule has 5 heterocycles. The van der Waals surface area contributed by atoms with Gasteiger partial charge in [-0.05, 0) is 19.3 Å². The molecule has 2 saturated heterocycles. The molecule has 7 nitrogen and oxygen atoms in total. The van der Waals surface area contributed by atoms with Crippen molar-refractivity contribution in [2.45, 2.75) is 44.6 Å². The predicted molar refractivity (Wildman–Crippen MR) is 96.1 cm³/mol. The van der Waals surface area contributed by atoms with Crippen LogP contribution in [0.1, 0.15) is 35.9 Å². The summed E-state index contributed by atoms with van der Waals surface area (Å²) in [5.41, 5.74) is 1.07. The third-order valence-corrected chi connectivity index (χ3v) is 6.92. The van der Waals surface area contributed by atoms with E-state index in [2.05, 4.69) is 25.1 Å². The van der Waals surface area contributed by atoms with Crippen LogP contribution < -0.4 is 4.90 Å². The first-order valence-electron chi connectivity index (χ1n) is 8.91. The van der Waals surface area contributed by atoms with E-state index in [1.54, 1.807) is 17.5 Å². The smallest absolute Gasteiger partial charge is 0.187 e. The molecule has 134 valence electrons. The molecule has 0 radical (unpaired) electrons. The molecule has 0 aliphatic carbocycles. The second-order valence-electron chi connectivity index (χ2n) is 7.02. The van der Waals surface area contributed by atoms with Crippen LogP contribution in [0.15, 0.2) is 6.20 Å². The fourth-order valence-electron chi connectivity index (χ4n) is 4.05. The molecule has 2 aromatic rings. The highest BCUT2D eigenvalue weighted by Gasteiger charge is 2.36. The molecular formula is C16H21ClN6OS. The van der Waals surface area contributed by atoms with Gasteiger partial charge in [0.25, 0.3) is 0 Å². The van der Waals surface area contributed by atoms with E-state index in [9.17, 15) is 0 Å². The van der Waals surface area contributed by atoms with Gasteiger partial charge in [-0.2, -0.15) is 0 Å². The summed E-state index contributed by atoms with van der Waals surface area (Å²) in [4.78, 5) is 10.6. The largest absolute Gasteiger partial charge is 0.370 e. The number of thiazole rings is 1. The number of anilines is 1. The first-order chi connectivity index (χ1) is 12.3. The lowest BCUT2D eigenvalue weighted by Gasteiger charge is -2.40. The summed E-state index contributed by atoms with van der Waals surface area (Å²) >= 11 is 8.18. The van der Waals surface area contributed by atoms with Crippen LogP contribution in [-0.4, -0.2) is 57.2 Å². The molecule has 9 heteroatoms. The van der Waals surface area contributed by atoms with E-state index in [4.69, 9.17) is 16.3 Å². The normalized spacial score (nSPS) is 26.7. The van der Waals surface area contributed by atoms with Crippen LogP contribution in [-0.2, 0) is 17.9 Å². The number of piperidine rings is 1. The van der Waals surface area contributed by atoms with Gasteiger partial charge in [0.1, 0.15) is 5.15 Å². The van der Waals surface area contributed by atoms with Gasteiger partial charge in [0.05, 0.1) is 35.5 Å². The van der Waals surface area contributed by atoms with Gasteiger partial charge < -0.3 is 9.64 Å². The molecule has 3 aliphatic rings. The zero-order valence-corrected chi connectivity index (χ0v) is 15.5. The highest BCUT2D eigenvalue weighted by molar-refractivity contribution is 7.16. The number of hydrogen-bond acceptors (Lipinski definition) is 7. The quantitative estimate of drug-likeness (QED) is 0.814. The van der Waals surface area contributed by atoms with Crippen molar-refractivity contribution in [1.29, 1.82) is 0 Å². The van der Waals surface area contributed by atoms with Crippen LogP contribution in [0.4, 0.5) is 5.13 Å². The molecule has 0 unspecified atom stereocenters. The van der Waals surface area contributed by atoms with Gasteiger partial charge in [-0.15, -0.1) is 5.10 Å². The Kier molecular flexibility index (Phi) is 4.16. The standard InChI is InChI=1S/C16H21ClN6OS/c17-15-14(25-16(19-15)22-4-1-2-5-22)9-21-6-3-13-12(8-21)23-11(10-24-13)7-18-20-23/h7,12-13H,1-6,8-10H2/t12-,13-/m1/s1. The van der Waals surface area contributed by atoms with Gasteiger partial charge in [0.2, 0.25) is 0 Å². The first kappa shape index (κ1) is 16.0. The summed E-state index contributed by atoms with van der Waals surface area (Å²) in [6.07, 6.45) is 5.56. The Morgan fingerprint density at radius 3 is 3.04 bits per heavy atom. The maximum Gasteiger partial charge on any atom is 0.187 e. The summed E-state index contributed by atoms with van der Waals surface area (Å²) in [5.74, 6) is 0. The minimum Gasteiger partial charge on any atom is -0.370 e. The summed E-state index contributed by atoms with van der Waals surface area (Å²) < 4.78 is 8.04. The third-order valence-electron chi connectivity index (χ3n) is 5.39. The lowest BCUT2D eigenvalue weighted by molar-refractivity contribution is -0.0668. The monoisotopic (exact) mass is 380 g/mol. The fraction of sp³-hybridized carbons (Fsp3) is 0.688. The van der Waals surface area contributed by atoms with Crippen LogP contribution in [0.25, 0.3) is 0 Å². The third kappa shape index (κ3) is 2.95. The second-order valence-corrected chi connectivity index (χ2v) is 8.44. The Morgan fingerprint density at radius 2 is 2.16 bits per heavy atom. The molecule has 0 spiro atoms. The minimum atomic E-state index is 0.238. The van der Waals surface area contributed by atoms with Crippen molar-refractivity contribution in [1.82, 2.24) is 24.9 Å². The Morgan fingerprint density at radius 1 is 1.28 bits per heavy atom. The van der Waals surface area contributed by atoms with Crippen LogP contribution in [0.5, 0.6) is 0 Å². The molecule has 3 aliphatic heterocycles. The molecule has 2 aromatic heterocycles. The molecule has 0 amide bonds. The van der Waals surface area contributed by atoms with Crippen LogP contribution in [0, 0.1) is 0 Å². The van der Waals surface area contributed by atoms with Crippen molar-refractivity contribution in [3.8, 4) is 0 Å². The molecule has 0 aromatic carbocycles. The second kappa shape index (κ2) is 6.50. The Balaban J connectivity index is 1.31. The number of likely N-dealkylation sites (tertiary alicyclic amines) is 1. The van der Waals surface area contributed by atoms with E-state index in [1.165, 1.54) is 12.8 Å². The highest BCUT2D eigenvalue weighted by atomic mass is 35.5. The summed E-state index contributed by atoms with van der Waals surface area (Å²) in [6, 6.07) is 0.241. The topological polar surface area (TPSA) is 59.3 Å². The number of hydrogen-bond donors (Lipinski definition) is 0. The average Bonchev–Trinajstić information content (AvgIpc) is 3.35. The predicted octanol–water partition coefficient (Wildman–Crippen LogP) is 2.33. The number of ether oxygens (including phenoxy) is 1. The van der Waals surface area contributed by atoms with Crippen molar-refractivity contribution in [3.05, 3.63) is 21.9 Å². The maximum absolute atomic E-state index is 6.44. The summed E-state index contributed by atoms with van der Waals surface area (Å²) in [7, 11) is 0. The lowest BCUT2D eigenvalue weighted by atomic mass is 10.0. The van der Waals surface area contributed by atoms with Crippen molar-refractivity contribution in [2.24, 2.45) is 0 Å². The van der Waals surface area contributed by atoms with Gasteiger partial charge >= 0.3 is 0 Å². The van der Waals surface area contributed by atoms with E-state index < -0.39 is 0 Å². The zero-order valence-electron chi connectivity index (χ0n) is 14.0. The number of nitrogens with zero attached hydrogens (tertiary/aromatic N) is 6. The first-order valence-corrected chi connectivity index (χ1v) is 10.1. The molecule has 2 atom stereocenters. The van der Waals surface area contributed by atoms with Crippen LogP contribution >= 0.6 is 22.9 Å². The van der Waals surface area contributed by atoms with E-state index in [0.717, 1.165) is 54.8 Å². The van der Waals surface area contributed by atoms with Gasteiger partial charge in [0, 0.05) is 32.7 Å². The van der Waals surface area contributed by atoms with E-state index >= 15 is 0 Å². The molecule has 0 N–H and O–H groups in total. The van der Waals surface area contributed by atoms with Gasteiger partial charge in [-0.3, -0.25) is 4.90 Å². The van der Waals surface area contributed by atoms with Crippen LogP contribution in [0.2, 0.25) is 5.15 Å². The van der Waals surface area contributed by atoms with E-state index in [0.29, 0.717) is 11.8 Å². The van der Waals surface area contributed by atoms with Gasteiger partial charge in [-0.1, -0.05) is 28.2 Å². The minimum absolute atomic E-state index is 0.238. The molecule has 25 heavy (non-hydrogen) atoms. The molecule has 5 rings (SSSR count). The average molecular weight is 381 g/mol. The number of aromatic nitrogens is 4. The van der Waals surface area contributed by atoms with Crippen molar-refractivity contribution >= 4 is 28.1 Å². The summed E-state index contributed by atoms with van der Waals surface area (Å²) in [5, 5.41) is 10.1. The van der Waals surface area contributed by atoms with Crippen molar-refractivity contribution in [3.63, 3.8) is 0 Å². The number of rotatable bonds is 3. The van der Waals surface area contributed by atoms with Gasteiger partial charge in [-0.25, -0.2) is 9.67 Å².